The molecule has 1 N–H and O–H groups in total. The quantitative estimate of drug-likeness (QED) is 0.735. The van der Waals surface area contributed by atoms with E-state index in [2.05, 4.69) is 10.3 Å². The second-order valence-electron chi connectivity index (χ2n) is 5.17. The highest BCUT2D eigenvalue weighted by molar-refractivity contribution is 5.94. The van der Waals surface area contributed by atoms with E-state index in [9.17, 15) is 13.6 Å². The van der Waals surface area contributed by atoms with Gasteiger partial charge in [0, 0.05) is 18.7 Å². The molecule has 0 fully saturated rings. The Kier molecular flexibility index (Phi) is 4.32. The van der Waals surface area contributed by atoms with E-state index in [1.165, 1.54) is 6.07 Å². The van der Waals surface area contributed by atoms with Crippen molar-refractivity contribution in [2.45, 2.75) is 13.0 Å². The number of hydrogen-bond donors (Lipinski definition) is 1. The number of hydrogen-bond acceptors (Lipinski definition) is 2. The first-order valence-electron chi connectivity index (χ1n) is 7.28. The summed E-state index contributed by atoms with van der Waals surface area (Å²) in [5.74, 6) is -2.41. The van der Waals surface area contributed by atoms with Crippen LogP contribution in [-0.2, 0) is 6.54 Å². The first kappa shape index (κ1) is 15.1. The minimum Gasteiger partial charge on any atom is -0.352 e. The highest BCUT2D eigenvalue weighted by atomic mass is 19.2. The third-order valence-electron chi connectivity index (χ3n) is 3.57. The molecule has 0 bridgehead atoms. The second kappa shape index (κ2) is 6.56. The first-order chi connectivity index (χ1) is 11.1. The van der Waals surface area contributed by atoms with Crippen LogP contribution in [0.5, 0.6) is 0 Å². The summed E-state index contributed by atoms with van der Waals surface area (Å²) in [5.41, 5.74) is 2.08. The summed E-state index contributed by atoms with van der Waals surface area (Å²) < 4.78 is 27.9. The van der Waals surface area contributed by atoms with Gasteiger partial charge in [-0.1, -0.05) is 12.1 Å². The van der Waals surface area contributed by atoms with Crippen LogP contribution in [0, 0.1) is 11.6 Å². The number of carbonyl (C=O) groups excluding carboxylic acids is 1. The van der Waals surface area contributed by atoms with Gasteiger partial charge in [0.25, 0.3) is 5.91 Å². The van der Waals surface area contributed by atoms with Crippen LogP contribution in [-0.4, -0.2) is 22.0 Å². The molecule has 0 radical (unpaired) electrons. The number of halogens is 2. The van der Waals surface area contributed by atoms with E-state index in [0.717, 1.165) is 23.2 Å². The zero-order valence-corrected chi connectivity index (χ0v) is 12.3. The Morgan fingerprint density at radius 2 is 1.96 bits per heavy atom. The third kappa shape index (κ3) is 3.36. The summed E-state index contributed by atoms with van der Waals surface area (Å²) in [5, 5.41) is 2.69. The molecule has 4 nitrogen and oxygen atoms in total. The lowest BCUT2D eigenvalue weighted by Crippen LogP contribution is -2.25. The molecule has 0 aliphatic rings. The Morgan fingerprint density at radius 3 is 2.78 bits per heavy atom. The maximum Gasteiger partial charge on any atom is 0.251 e. The number of aromatic nitrogens is 2. The van der Waals surface area contributed by atoms with Crippen molar-refractivity contribution in [1.29, 1.82) is 0 Å². The van der Waals surface area contributed by atoms with E-state index in [-0.39, 0.29) is 5.56 Å². The highest BCUT2D eigenvalue weighted by Crippen LogP contribution is 2.12. The number of para-hydroxylation sites is 2. The number of carbonyl (C=O) groups is 1. The van der Waals surface area contributed by atoms with Crippen LogP contribution in [0.1, 0.15) is 16.8 Å². The lowest BCUT2D eigenvalue weighted by molar-refractivity contribution is 0.0952. The van der Waals surface area contributed by atoms with Crippen LogP contribution in [0.2, 0.25) is 0 Å². The maximum absolute atomic E-state index is 13.1. The normalized spacial score (nSPS) is 10.9. The average molecular weight is 315 g/mol. The maximum atomic E-state index is 13.1. The topological polar surface area (TPSA) is 46.9 Å². The second-order valence-corrected chi connectivity index (χ2v) is 5.17. The molecule has 0 atom stereocenters. The van der Waals surface area contributed by atoms with Crippen molar-refractivity contribution in [1.82, 2.24) is 14.9 Å². The standard InChI is InChI=1S/C17H15F2N3O/c18-13-7-6-12(10-14(13)19)17(23)20-8-3-9-22-11-21-15-4-1-2-5-16(15)22/h1-2,4-7,10-11H,3,8-9H2,(H,20,23). The van der Waals surface area contributed by atoms with Crippen LogP contribution in [0.4, 0.5) is 8.78 Å². The molecule has 0 saturated carbocycles. The Bertz CT molecular complexity index is 845. The van der Waals surface area contributed by atoms with Crippen molar-refractivity contribution < 1.29 is 13.6 Å². The number of nitrogens with one attached hydrogen (secondary N) is 1. The molecule has 6 heteroatoms. The van der Waals surface area contributed by atoms with E-state index >= 15 is 0 Å². The summed E-state index contributed by atoms with van der Waals surface area (Å²) in [6.45, 7) is 1.14. The van der Waals surface area contributed by atoms with Gasteiger partial charge in [0.2, 0.25) is 0 Å². The number of benzene rings is 2. The summed E-state index contributed by atoms with van der Waals surface area (Å²) in [4.78, 5) is 16.2. The van der Waals surface area contributed by atoms with Crippen LogP contribution in [0.3, 0.4) is 0 Å². The van der Waals surface area contributed by atoms with Gasteiger partial charge in [0.1, 0.15) is 0 Å². The molecule has 1 amide bonds. The molecule has 3 aromatic rings. The van der Waals surface area contributed by atoms with E-state index in [1.807, 2.05) is 28.8 Å². The van der Waals surface area contributed by atoms with Crippen LogP contribution < -0.4 is 5.32 Å². The lowest BCUT2D eigenvalue weighted by atomic mass is 10.2. The number of imidazole rings is 1. The van der Waals surface area contributed by atoms with E-state index < -0.39 is 17.5 Å². The van der Waals surface area contributed by atoms with E-state index in [0.29, 0.717) is 19.5 Å². The first-order valence-corrected chi connectivity index (χ1v) is 7.28. The fourth-order valence-corrected chi connectivity index (χ4v) is 2.38. The van der Waals surface area contributed by atoms with Gasteiger partial charge in [0.15, 0.2) is 11.6 Å². The van der Waals surface area contributed by atoms with Gasteiger partial charge < -0.3 is 9.88 Å². The van der Waals surface area contributed by atoms with Crippen LogP contribution >= 0.6 is 0 Å². The molecule has 23 heavy (non-hydrogen) atoms. The van der Waals surface area contributed by atoms with Gasteiger partial charge in [-0.05, 0) is 36.8 Å². The number of nitrogens with zero attached hydrogens (tertiary/aromatic N) is 2. The largest absolute Gasteiger partial charge is 0.352 e. The van der Waals surface area contributed by atoms with Crippen LogP contribution in [0.25, 0.3) is 11.0 Å². The Hall–Kier alpha value is -2.76. The predicted octanol–water partition coefficient (Wildman–Crippen LogP) is 3.13. The SMILES string of the molecule is O=C(NCCCn1cnc2ccccc21)c1ccc(F)c(F)c1. The molecule has 0 spiro atoms. The minimum atomic E-state index is -1.03. The number of rotatable bonds is 5. The van der Waals surface area contributed by atoms with E-state index in [4.69, 9.17) is 0 Å². The minimum absolute atomic E-state index is 0.108. The van der Waals surface area contributed by atoms with Gasteiger partial charge in [0.05, 0.1) is 17.4 Å². The molecule has 2 aromatic carbocycles. The molecule has 0 aliphatic heterocycles. The summed E-state index contributed by atoms with van der Waals surface area (Å²) in [7, 11) is 0. The smallest absolute Gasteiger partial charge is 0.251 e. The van der Waals surface area contributed by atoms with Crippen molar-refractivity contribution in [3.05, 3.63) is 66.0 Å². The fourth-order valence-electron chi connectivity index (χ4n) is 2.38. The van der Waals surface area contributed by atoms with Gasteiger partial charge >= 0.3 is 0 Å². The lowest BCUT2D eigenvalue weighted by Gasteiger charge is -2.07. The molecule has 1 heterocycles. The summed E-state index contributed by atoms with van der Waals surface area (Å²) in [6, 6.07) is 10.9. The van der Waals surface area contributed by atoms with Crippen molar-refractivity contribution in [3.63, 3.8) is 0 Å². The predicted molar refractivity (Wildman–Crippen MR) is 83.0 cm³/mol. The number of aryl methyl sites for hydroxylation is 1. The molecule has 0 unspecified atom stereocenters. The third-order valence-corrected chi connectivity index (χ3v) is 3.57. The number of amides is 1. The van der Waals surface area contributed by atoms with E-state index in [1.54, 1.807) is 6.33 Å². The van der Waals surface area contributed by atoms with Crippen molar-refractivity contribution in [2.75, 3.05) is 6.54 Å². The average Bonchev–Trinajstić information content (AvgIpc) is 2.97. The number of fused-ring (bicyclic) bond motifs is 1. The van der Waals surface area contributed by atoms with Gasteiger partial charge in [-0.3, -0.25) is 4.79 Å². The zero-order valence-electron chi connectivity index (χ0n) is 12.3. The molecule has 0 aliphatic carbocycles. The molecule has 3 rings (SSSR count). The molecular weight excluding hydrogens is 300 g/mol. The van der Waals surface area contributed by atoms with Gasteiger partial charge in [-0.2, -0.15) is 0 Å². The van der Waals surface area contributed by atoms with Crippen molar-refractivity contribution >= 4 is 16.9 Å². The van der Waals surface area contributed by atoms with Gasteiger partial charge in [-0.25, -0.2) is 13.8 Å². The highest BCUT2D eigenvalue weighted by Gasteiger charge is 2.09. The Morgan fingerprint density at radius 1 is 1.13 bits per heavy atom. The Labute approximate surface area is 131 Å². The fraction of sp³-hybridized carbons (Fsp3) is 0.176. The van der Waals surface area contributed by atoms with Crippen LogP contribution in [0.15, 0.2) is 48.8 Å². The molecule has 0 saturated heterocycles. The molecular formula is C17H15F2N3O. The Balaban J connectivity index is 1.53. The summed E-state index contributed by atoms with van der Waals surface area (Å²) in [6.07, 6.45) is 2.47. The molecule has 118 valence electrons. The van der Waals surface area contributed by atoms with Gasteiger partial charge in [-0.15, -0.1) is 0 Å². The molecule has 1 aromatic heterocycles. The monoisotopic (exact) mass is 315 g/mol. The van der Waals surface area contributed by atoms with Crippen molar-refractivity contribution in [2.24, 2.45) is 0 Å². The summed E-state index contributed by atoms with van der Waals surface area (Å²) >= 11 is 0. The van der Waals surface area contributed by atoms with Crippen molar-refractivity contribution in [3.8, 4) is 0 Å². The zero-order chi connectivity index (χ0) is 16.2.